The van der Waals surface area contributed by atoms with Gasteiger partial charge in [-0.15, -0.1) is 24.2 Å². The lowest BCUT2D eigenvalue weighted by Crippen LogP contribution is -2.29. The SMILES string of the molecule is Cl.NCCNC(=O)c1ccc2c(c1)NC(=O)CCS2. The third-order valence-electron chi connectivity index (χ3n) is 2.53. The molecule has 1 heterocycles. The predicted octanol–water partition coefficient (Wildman–Crippen LogP) is 1.23. The van der Waals surface area contributed by atoms with Crippen molar-refractivity contribution in [2.24, 2.45) is 5.73 Å². The van der Waals surface area contributed by atoms with Crippen LogP contribution in [0.1, 0.15) is 16.8 Å². The van der Waals surface area contributed by atoms with Gasteiger partial charge in [0.05, 0.1) is 5.69 Å². The molecule has 2 amide bonds. The normalized spacial score (nSPS) is 13.6. The summed E-state index contributed by atoms with van der Waals surface area (Å²) < 4.78 is 0. The van der Waals surface area contributed by atoms with Crippen molar-refractivity contribution in [2.45, 2.75) is 11.3 Å². The lowest BCUT2D eigenvalue weighted by Gasteiger charge is -2.09. The summed E-state index contributed by atoms with van der Waals surface area (Å²) in [7, 11) is 0. The van der Waals surface area contributed by atoms with Crippen molar-refractivity contribution >= 4 is 41.7 Å². The van der Waals surface area contributed by atoms with Gasteiger partial charge in [0.2, 0.25) is 5.91 Å². The van der Waals surface area contributed by atoms with Crippen molar-refractivity contribution in [1.82, 2.24) is 5.32 Å². The van der Waals surface area contributed by atoms with Crippen LogP contribution in [0.5, 0.6) is 0 Å². The Hall–Kier alpha value is -1.24. The van der Waals surface area contributed by atoms with Crippen LogP contribution in [0.25, 0.3) is 0 Å². The molecule has 1 aliphatic rings. The summed E-state index contributed by atoms with van der Waals surface area (Å²) >= 11 is 1.62. The van der Waals surface area contributed by atoms with Crippen LogP contribution in [0.15, 0.2) is 23.1 Å². The van der Waals surface area contributed by atoms with E-state index in [4.69, 9.17) is 5.73 Å². The summed E-state index contributed by atoms with van der Waals surface area (Å²) in [6.07, 6.45) is 0.494. The van der Waals surface area contributed by atoms with Crippen molar-refractivity contribution in [1.29, 1.82) is 0 Å². The van der Waals surface area contributed by atoms with E-state index in [9.17, 15) is 9.59 Å². The molecule has 19 heavy (non-hydrogen) atoms. The number of hydrogen-bond acceptors (Lipinski definition) is 4. The van der Waals surface area contributed by atoms with Gasteiger partial charge in [-0.1, -0.05) is 0 Å². The molecule has 0 bridgehead atoms. The molecule has 4 N–H and O–H groups in total. The van der Waals surface area contributed by atoms with Crippen LogP contribution >= 0.6 is 24.2 Å². The van der Waals surface area contributed by atoms with Crippen molar-refractivity contribution in [3.05, 3.63) is 23.8 Å². The summed E-state index contributed by atoms with van der Waals surface area (Å²) in [5.41, 5.74) is 6.57. The lowest BCUT2D eigenvalue weighted by molar-refractivity contribution is -0.115. The van der Waals surface area contributed by atoms with Gasteiger partial charge >= 0.3 is 0 Å². The van der Waals surface area contributed by atoms with Gasteiger partial charge in [0, 0.05) is 35.7 Å². The number of nitrogens with one attached hydrogen (secondary N) is 2. The highest BCUT2D eigenvalue weighted by Gasteiger charge is 2.15. The zero-order valence-corrected chi connectivity index (χ0v) is 11.9. The molecule has 104 valence electrons. The lowest BCUT2D eigenvalue weighted by atomic mass is 10.2. The fourth-order valence-corrected chi connectivity index (χ4v) is 2.59. The van der Waals surface area contributed by atoms with Crippen LogP contribution in [0.4, 0.5) is 5.69 Å². The van der Waals surface area contributed by atoms with Crippen LogP contribution in [0, 0.1) is 0 Å². The Bertz CT molecular complexity index is 482. The summed E-state index contributed by atoms with van der Waals surface area (Å²) in [4.78, 5) is 24.2. The molecular weight excluding hydrogens is 286 g/mol. The first-order valence-electron chi connectivity index (χ1n) is 5.75. The van der Waals surface area contributed by atoms with Gasteiger partial charge in [-0.25, -0.2) is 0 Å². The molecule has 0 saturated heterocycles. The molecule has 1 aromatic rings. The number of rotatable bonds is 3. The minimum atomic E-state index is -0.174. The molecule has 0 unspecified atom stereocenters. The molecule has 0 saturated carbocycles. The molecule has 0 atom stereocenters. The van der Waals surface area contributed by atoms with E-state index >= 15 is 0 Å². The largest absolute Gasteiger partial charge is 0.351 e. The molecule has 1 aromatic carbocycles. The van der Waals surface area contributed by atoms with E-state index in [1.54, 1.807) is 23.9 Å². The highest BCUT2D eigenvalue weighted by molar-refractivity contribution is 7.99. The molecule has 1 aliphatic heterocycles. The van der Waals surface area contributed by atoms with E-state index in [1.165, 1.54) is 0 Å². The van der Waals surface area contributed by atoms with Gasteiger partial charge in [-0.2, -0.15) is 0 Å². The number of amides is 2. The smallest absolute Gasteiger partial charge is 0.251 e. The number of anilines is 1. The molecule has 0 radical (unpaired) electrons. The van der Waals surface area contributed by atoms with E-state index in [1.807, 2.05) is 6.07 Å². The maximum absolute atomic E-state index is 11.8. The number of carbonyl (C=O) groups is 2. The van der Waals surface area contributed by atoms with Gasteiger partial charge in [0.25, 0.3) is 5.91 Å². The van der Waals surface area contributed by atoms with Crippen molar-refractivity contribution in [2.75, 3.05) is 24.2 Å². The molecule has 2 rings (SSSR count). The third kappa shape index (κ3) is 4.12. The van der Waals surface area contributed by atoms with E-state index < -0.39 is 0 Å². The summed E-state index contributed by atoms with van der Waals surface area (Å²) in [6.45, 7) is 0.848. The number of thioether (sulfide) groups is 1. The number of nitrogens with two attached hydrogens (primary N) is 1. The average molecular weight is 302 g/mol. The van der Waals surface area contributed by atoms with E-state index in [-0.39, 0.29) is 24.2 Å². The number of halogens is 1. The predicted molar refractivity (Wildman–Crippen MR) is 79.0 cm³/mol. The zero-order valence-electron chi connectivity index (χ0n) is 10.3. The Morgan fingerprint density at radius 1 is 1.47 bits per heavy atom. The topological polar surface area (TPSA) is 84.2 Å². The Morgan fingerprint density at radius 2 is 2.26 bits per heavy atom. The second-order valence-electron chi connectivity index (χ2n) is 3.90. The molecule has 0 fully saturated rings. The van der Waals surface area contributed by atoms with Crippen LogP contribution < -0.4 is 16.4 Å². The van der Waals surface area contributed by atoms with Crippen LogP contribution in [0.2, 0.25) is 0 Å². The van der Waals surface area contributed by atoms with Gasteiger partial charge in [-0.05, 0) is 18.2 Å². The highest BCUT2D eigenvalue weighted by Crippen LogP contribution is 2.31. The molecule has 0 aliphatic carbocycles. The minimum absolute atomic E-state index is 0. The van der Waals surface area contributed by atoms with Crippen molar-refractivity contribution < 1.29 is 9.59 Å². The van der Waals surface area contributed by atoms with Crippen molar-refractivity contribution in [3.8, 4) is 0 Å². The standard InChI is InChI=1S/C12H15N3O2S.ClH/c13-4-5-14-12(17)8-1-2-10-9(7-8)15-11(16)3-6-18-10;/h1-2,7H,3-6,13H2,(H,14,17)(H,15,16);1H. The minimum Gasteiger partial charge on any atom is -0.351 e. The van der Waals surface area contributed by atoms with Gasteiger partial charge < -0.3 is 16.4 Å². The zero-order chi connectivity index (χ0) is 13.0. The molecular formula is C12H16ClN3O2S. The van der Waals surface area contributed by atoms with Crippen LogP contribution in [0.3, 0.4) is 0 Å². The fraction of sp³-hybridized carbons (Fsp3) is 0.333. The van der Waals surface area contributed by atoms with Gasteiger partial charge in [0.15, 0.2) is 0 Å². The van der Waals surface area contributed by atoms with Crippen molar-refractivity contribution in [3.63, 3.8) is 0 Å². The van der Waals surface area contributed by atoms with Crippen LogP contribution in [-0.4, -0.2) is 30.7 Å². The third-order valence-corrected chi connectivity index (χ3v) is 3.61. The fourth-order valence-electron chi connectivity index (χ4n) is 1.65. The Balaban J connectivity index is 0.00000180. The summed E-state index contributed by atoms with van der Waals surface area (Å²) in [6, 6.07) is 5.33. The first kappa shape index (κ1) is 15.8. The number of benzene rings is 1. The number of carbonyl (C=O) groups excluding carboxylic acids is 2. The second kappa shape index (κ2) is 7.37. The summed E-state index contributed by atoms with van der Waals surface area (Å²) in [5.74, 6) is 0.574. The number of fused-ring (bicyclic) bond motifs is 1. The van der Waals surface area contributed by atoms with Crippen LogP contribution in [-0.2, 0) is 4.79 Å². The molecule has 0 aromatic heterocycles. The molecule has 0 spiro atoms. The maximum Gasteiger partial charge on any atom is 0.251 e. The van der Waals surface area contributed by atoms with Gasteiger partial charge in [-0.3, -0.25) is 9.59 Å². The Labute approximate surface area is 122 Å². The quantitative estimate of drug-likeness (QED) is 0.784. The molecule has 5 nitrogen and oxygen atoms in total. The average Bonchev–Trinajstić information content (AvgIpc) is 2.55. The Kier molecular flexibility index (Phi) is 6.14. The van der Waals surface area contributed by atoms with E-state index in [0.717, 1.165) is 10.6 Å². The first-order valence-corrected chi connectivity index (χ1v) is 6.74. The Morgan fingerprint density at radius 3 is 3.00 bits per heavy atom. The monoisotopic (exact) mass is 301 g/mol. The second-order valence-corrected chi connectivity index (χ2v) is 5.04. The van der Waals surface area contributed by atoms with E-state index in [0.29, 0.717) is 30.8 Å². The van der Waals surface area contributed by atoms with E-state index in [2.05, 4.69) is 10.6 Å². The maximum atomic E-state index is 11.8. The summed E-state index contributed by atoms with van der Waals surface area (Å²) in [5, 5.41) is 5.51. The first-order chi connectivity index (χ1) is 8.70. The molecule has 7 heteroatoms. The van der Waals surface area contributed by atoms with Gasteiger partial charge in [0.1, 0.15) is 0 Å². The highest BCUT2D eigenvalue weighted by atomic mass is 35.5. The number of hydrogen-bond donors (Lipinski definition) is 3.